The third-order valence-electron chi connectivity index (χ3n) is 2.26. The molecule has 0 aromatic carbocycles. The second kappa shape index (κ2) is 4.58. The van der Waals surface area contributed by atoms with Crippen molar-refractivity contribution in [3.05, 3.63) is 0 Å². The van der Waals surface area contributed by atoms with Crippen molar-refractivity contribution in [1.82, 2.24) is 4.90 Å². The molecule has 1 N–H and O–H groups in total. The molecule has 0 bridgehead atoms. The second-order valence-corrected chi connectivity index (χ2v) is 5.21. The summed E-state index contributed by atoms with van der Waals surface area (Å²) in [5, 5.41) is 8.63. The summed E-state index contributed by atoms with van der Waals surface area (Å²) >= 11 is 11.5. The minimum Gasteiger partial charge on any atom is -0.480 e. The smallest absolute Gasteiger partial charge is 0.323 e. The number of carbonyl (C=O) groups excluding carboxylic acids is 1. The summed E-state index contributed by atoms with van der Waals surface area (Å²) in [7, 11) is 0. The number of halogens is 2. The first-order valence-corrected chi connectivity index (χ1v) is 5.52. The van der Waals surface area contributed by atoms with E-state index in [0.29, 0.717) is 19.4 Å². The quantitative estimate of drug-likeness (QED) is 0.756. The van der Waals surface area contributed by atoms with Gasteiger partial charge in [-0.3, -0.25) is 9.59 Å². The number of rotatable bonds is 5. The van der Waals surface area contributed by atoms with Crippen molar-refractivity contribution in [2.75, 3.05) is 13.1 Å². The van der Waals surface area contributed by atoms with Gasteiger partial charge in [0.2, 0.25) is 5.91 Å². The molecule has 86 valence electrons. The third-order valence-corrected chi connectivity index (χ3v) is 3.09. The first kappa shape index (κ1) is 12.6. The average Bonchev–Trinajstić information content (AvgIpc) is 2.72. The van der Waals surface area contributed by atoms with Crippen LogP contribution in [0.4, 0.5) is 0 Å². The largest absolute Gasteiger partial charge is 0.480 e. The lowest BCUT2D eigenvalue weighted by atomic mass is 10.3. The van der Waals surface area contributed by atoms with E-state index < -0.39 is 16.2 Å². The van der Waals surface area contributed by atoms with Crippen LogP contribution in [-0.2, 0) is 9.59 Å². The predicted octanol–water partition coefficient (Wildman–Crippen LogP) is 1.50. The van der Waals surface area contributed by atoms with Crippen LogP contribution in [0.3, 0.4) is 0 Å². The molecule has 1 saturated carbocycles. The van der Waals surface area contributed by atoms with Gasteiger partial charge in [0.05, 0.1) is 5.92 Å². The zero-order valence-electron chi connectivity index (χ0n) is 8.37. The molecule has 0 aromatic heterocycles. The Morgan fingerprint density at radius 3 is 2.40 bits per heavy atom. The van der Waals surface area contributed by atoms with Gasteiger partial charge in [0, 0.05) is 6.54 Å². The van der Waals surface area contributed by atoms with E-state index >= 15 is 0 Å². The Morgan fingerprint density at radius 2 is 2.07 bits per heavy atom. The fraction of sp³-hybridized carbons (Fsp3) is 0.778. The van der Waals surface area contributed by atoms with E-state index in [1.54, 1.807) is 0 Å². The number of nitrogens with zero attached hydrogens (tertiary/aromatic N) is 1. The van der Waals surface area contributed by atoms with Crippen molar-refractivity contribution in [2.24, 2.45) is 5.92 Å². The molecular formula is C9H13Cl2NO3. The fourth-order valence-corrected chi connectivity index (χ4v) is 1.90. The first-order chi connectivity index (χ1) is 6.88. The Balaban J connectivity index is 2.56. The zero-order valence-corrected chi connectivity index (χ0v) is 9.88. The minimum absolute atomic E-state index is 0.260. The first-order valence-electron chi connectivity index (χ1n) is 4.77. The van der Waals surface area contributed by atoms with Gasteiger partial charge < -0.3 is 10.0 Å². The molecule has 1 atom stereocenters. The Labute approximate surface area is 98.1 Å². The van der Waals surface area contributed by atoms with Crippen LogP contribution in [0.5, 0.6) is 0 Å². The number of carboxylic acids is 1. The molecule has 1 aliphatic carbocycles. The molecule has 4 nitrogen and oxygen atoms in total. The standard InChI is InChI=1S/C9H13Cl2NO3/c1-2-3-12(5-7(13)14)8(15)6-4-9(6,10)11/h6H,2-5H2,1H3,(H,13,14). The van der Waals surface area contributed by atoms with E-state index in [9.17, 15) is 9.59 Å². The number of hydrogen-bond acceptors (Lipinski definition) is 2. The third kappa shape index (κ3) is 3.24. The van der Waals surface area contributed by atoms with Gasteiger partial charge in [0.1, 0.15) is 10.9 Å². The van der Waals surface area contributed by atoms with Crippen LogP contribution in [0.1, 0.15) is 19.8 Å². The lowest BCUT2D eigenvalue weighted by molar-refractivity contribution is -0.145. The van der Waals surface area contributed by atoms with E-state index in [1.165, 1.54) is 4.90 Å². The van der Waals surface area contributed by atoms with Crippen molar-refractivity contribution in [2.45, 2.75) is 24.1 Å². The SMILES string of the molecule is CCCN(CC(=O)O)C(=O)C1CC1(Cl)Cl. The zero-order chi connectivity index (χ0) is 11.6. The monoisotopic (exact) mass is 253 g/mol. The van der Waals surface area contributed by atoms with E-state index in [4.69, 9.17) is 28.3 Å². The summed E-state index contributed by atoms with van der Waals surface area (Å²) in [6.07, 6.45) is 1.12. The number of aliphatic carboxylic acids is 1. The van der Waals surface area contributed by atoms with Crippen LogP contribution in [0.25, 0.3) is 0 Å². The Bertz CT molecular complexity index is 281. The highest BCUT2D eigenvalue weighted by Gasteiger charge is 2.57. The van der Waals surface area contributed by atoms with Crippen LogP contribution in [-0.4, -0.2) is 39.3 Å². The van der Waals surface area contributed by atoms with Crippen LogP contribution < -0.4 is 0 Å². The lowest BCUT2D eigenvalue weighted by Crippen LogP contribution is -2.38. The normalized spacial score (nSPS) is 22.2. The fourth-order valence-electron chi connectivity index (χ4n) is 1.40. The van der Waals surface area contributed by atoms with Crippen LogP contribution in [0.2, 0.25) is 0 Å². The topological polar surface area (TPSA) is 57.6 Å². The maximum Gasteiger partial charge on any atom is 0.323 e. The van der Waals surface area contributed by atoms with Crippen LogP contribution in [0, 0.1) is 5.92 Å². The van der Waals surface area contributed by atoms with Crippen LogP contribution in [0.15, 0.2) is 0 Å². The van der Waals surface area contributed by atoms with E-state index in [2.05, 4.69) is 0 Å². The molecule has 1 fully saturated rings. The summed E-state index contributed by atoms with van der Waals surface area (Å²) in [4.78, 5) is 23.6. The molecule has 0 aromatic rings. The number of hydrogen-bond donors (Lipinski definition) is 1. The maximum absolute atomic E-state index is 11.7. The molecule has 1 rings (SSSR count). The summed E-state index contributed by atoms with van der Waals surface area (Å²) in [6, 6.07) is 0. The Kier molecular flexibility index (Phi) is 3.84. The van der Waals surface area contributed by atoms with Crippen molar-refractivity contribution in [1.29, 1.82) is 0 Å². The number of carboxylic acid groups (broad SMARTS) is 1. The number of amides is 1. The molecule has 6 heteroatoms. The summed E-state index contributed by atoms with van der Waals surface area (Å²) in [5.41, 5.74) is 0. The average molecular weight is 254 g/mol. The predicted molar refractivity (Wildman–Crippen MR) is 57.1 cm³/mol. The highest BCUT2D eigenvalue weighted by atomic mass is 35.5. The van der Waals surface area contributed by atoms with Gasteiger partial charge in [-0.25, -0.2) is 0 Å². The maximum atomic E-state index is 11.7. The van der Waals surface area contributed by atoms with Gasteiger partial charge in [0.25, 0.3) is 0 Å². The second-order valence-electron chi connectivity index (χ2n) is 3.67. The Hall–Kier alpha value is -0.480. The molecule has 0 spiro atoms. The summed E-state index contributed by atoms with van der Waals surface area (Å²) in [6.45, 7) is 2.02. The van der Waals surface area contributed by atoms with E-state index in [0.717, 1.165) is 0 Å². The lowest BCUT2D eigenvalue weighted by Gasteiger charge is -2.20. The Morgan fingerprint density at radius 1 is 1.53 bits per heavy atom. The molecule has 1 amide bonds. The van der Waals surface area contributed by atoms with Gasteiger partial charge in [0.15, 0.2) is 0 Å². The van der Waals surface area contributed by atoms with Crippen LogP contribution >= 0.6 is 23.2 Å². The van der Waals surface area contributed by atoms with Crippen molar-refractivity contribution >= 4 is 35.1 Å². The van der Waals surface area contributed by atoms with Gasteiger partial charge in [-0.05, 0) is 12.8 Å². The van der Waals surface area contributed by atoms with Gasteiger partial charge in [-0.2, -0.15) is 0 Å². The van der Waals surface area contributed by atoms with Gasteiger partial charge >= 0.3 is 5.97 Å². The van der Waals surface area contributed by atoms with Crippen molar-refractivity contribution in [3.8, 4) is 0 Å². The molecule has 0 aliphatic heterocycles. The minimum atomic E-state index is -1.02. The summed E-state index contributed by atoms with van der Waals surface area (Å²) < 4.78 is -0.985. The van der Waals surface area contributed by atoms with Gasteiger partial charge in [-0.1, -0.05) is 6.92 Å². The molecule has 15 heavy (non-hydrogen) atoms. The van der Waals surface area contributed by atoms with Crippen molar-refractivity contribution in [3.63, 3.8) is 0 Å². The molecule has 0 radical (unpaired) electrons. The molecule has 1 unspecified atom stereocenters. The highest BCUT2D eigenvalue weighted by Crippen LogP contribution is 2.53. The molecular weight excluding hydrogens is 241 g/mol. The summed E-state index contributed by atoms with van der Waals surface area (Å²) in [5.74, 6) is -1.72. The van der Waals surface area contributed by atoms with Crippen molar-refractivity contribution < 1.29 is 14.7 Å². The molecule has 0 saturated heterocycles. The molecule has 1 aliphatic rings. The van der Waals surface area contributed by atoms with Gasteiger partial charge in [-0.15, -0.1) is 23.2 Å². The van der Waals surface area contributed by atoms with E-state index in [1.807, 2.05) is 6.92 Å². The molecule has 0 heterocycles. The number of carbonyl (C=O) groups is 2. The van der Waals surface area contributed by atoms with E-state index in [-0.39, 0.29) is 12.5 Å². The highest BCUT2D eigenvalue weighted by molar-refractivity contribution is 6.52. The number of alkyl halides is 2.